The van der Waals surface area contributed by atoms with Crippen LogP contribution < -0.4 is 4.74 Å². The minimum atomic E-state index is -3.53. The quantitative estimate of drug-likeness (QED) is 0.707. The van der Waals surface area contributed by atoms with Crippen LogP contribution in [0.5, 0.6) is 5.75 Å². The first-order chi connectivity index (χ1) is 14.4. The summed E-state index contributed by atoms with van der Waals surface area (Å²) in [6.07, 6.45) is 0. The van der Waals surface area contributed by atoms with Crippen LogP contribution in [0.15, 0.2) is 70.6 Å². The molecule has 4 rings (SSSR count). The summed E-state index contributed by atoms with van der Waals surface area (Å²) in [4.78, 5) is 14.7. The zero-order valence-corrected chi connectivity index (χ0v) is 17.5. The largest absolute Gasteiger partial charge is 0.497 e. The SMILES string of the molecule is COc1ccc(S(=O)(=O)N2CC(=C3CN(C(=O)C(CO)c4ccccc4)C3)C2)cc1. The van der Waals surface area contributed by atoms with Crippen LogP contribution in [-0.4, -0.2) is 68.5 Å². The molecule has 1 amide bonds. The van der Waals surface area contributed by atoms with Crippen LogP contribution in [0.1, 0.15) is 11.5 Å². The molecule has 2 aliphatic rings. The topological polar surface area (TPSA) is 87.2 Å². The van der Waals surface area contributed by atoms with Crippen molar-refractivity contribution >= 4 is 15.9 Å². The molecule has 2 aromatic rings. The maximum Gasteiger partial charge on any atom is 0.243 e. The lowest BCUT2D eigenvalue weighted by molar-refractivity contribution is -0.135. The van der Waals surface area contributed by atoms with Crippen LogP contribution in [0.3, 0.4) is 0 Å². The van der Waals surface area contributed by atoms with E-state index in [0.29, 0.717) is 31.9 Å². The molecule has 158 valence electrons. The Balaban J connectivity index is 1.36. The van der Waals surface area contributed by atoms with E-state index in [2.05, 4.69) is 0 Å². The number of carbonyl (C=O) groups is 1. The Morgan fingerprint density at radius 2 is 1.60 bits per heavy atom. The number of aliphatic hydroxyl groups is 1. The predicted molar refractivity (Wildman–Crippen MR) is 112 cm³/mol. The highest BCUT2D eigenvalue weighted by atomic mass is 32.2. The van der Waals surface area contributed by atoms with Crippen molar-refractivity contribution in [3.8, 4) is 5.75 Å². The molecular formula is C22H24N2O5S. The Morgan fingerprint density at radius 1 is 1.00 bits per heavy atom. The lowest BCUT2D eigenvalue weighted by Crippen LogP contribution is -2.52. The second kappa shape index (κ2) is 8.22. The van der Waals surface area contributed by atoms with Gasteiger partial charge in [0, 0.05) is 26.2 Å². The Kier molecular flexibility index (Phi) is 5.64. The average molecular weight is 429 g/mol. The first kappa shape index (κ1) is 20.6. The number of nitrogens with zero attached hydrogens (tertiary/aromatic N) is 2. The number of carbonyl (C=O) groups excluding carboxylic acids is 1. The lowest BCUT2D eigenvalue weighted by atomic mass is 9.92. The minimum absolute atomic E-state index is 0.102. The molecule has 0 aromatic heterocycles. The number of methoxy groups -OCH3 is 1. The van der Waals surface area contributed by atoms with Gasteiger partial charge in [0.15, 0.2) is 0 Å². The molecule has 0 aliphatic carbocycles. The van der Waals surface area contributed by atoms with Gasteiger partial charge in [-0.3, -0.25) is 4.79 Å². The van der Waals surface area contributed by atoms with Gasteiger partial charge in [-0.25, -0.2) is 8.42 Å². The highest BCUT2D eigenvalue weighted by molar-refractivity contribution is 7.89. The molecule has 30 heavy (non-hydrogen) atoms. The molecule has 1 atom stereocenters. The van der Waals surface area contributed by atoms with E-state index in [-0.39, 0.29) is 17.4 Å². The first-order valence-corrected chi connectivity index (χ1v) is 11.2. The number of hydrogen-bond donors (Lipinski definition) is 1. The summed E-state index contributed by atoms with van der Waals surface area (Å²) in [6.45, 7) is 1.46. The second-order valence-electron chi connectivity index (χ2n) is 7.50. The molecule has 2 aliphatic heterocycles. The molecular weight excluding hydrogens is 404 g/mol. The molecule has 1 N–H and O–H groups in total. The van der Waals surface area contributed by atoms with Gasteiger partial charge in [0.25, 0.3) is 0 Å². The summed E-state index contributed by atoms with van der Waals surface area (Å²) in [6, 6.07) is 15.6. The van der Waals surface area contributed by atoms with E-state index in [4.69, 9.17) is 4.74 Å². The van der Waals surface area contributed by atoms with Crippen LogP contribution in [0.4, 0.5) is 0 Å². The lowest BCUT2D eigenvalue weighted by Gasteiger charge is -2.42. The van der Waals surface area contributed by atoms with Gasteiger partial charge in [-0.05, 0) is 41.0 Å². The normalized spacial score (nSPS) is 17.9. The first-order valence-electron chi connectivity index (χ1n) is 9.72. The Labute approximate surface area is 176 Å². The number of rotatable bonds is 6. The zero-order chi connectivity index (χ0) is 21.3. The van der Waals surface area contributed by atoms with Crippen molar-refractivity contribution in [2.45, 2.75) is 10.8 Å². The van der Waals surface area contributed by atoms with E-state index >= 15 is 0 Å². The maximum absolute atomic E-state index is 12.7. The van der Waals surface area contributed by atoms with Crippen LogP contribution in [-0.2, 0) is 14.8 Å². The summed E-state index contributed by atoms with van der Waals surface area (Å²) in [5, 5.41) is 9.68. The number of benzene rings is 2. The average Bonchev–Trinajstić information content (AvgIpc) is 2.69. The summed E-state index contributed by atoms with van der Waals surface area (Å²) >= 11 is 0. The van der Waals surface area contributed by atoms with Crippen LogP contribution in [0, 0.1) is 0 Å². The van der Waals surface area contributed by atoms with Gasteiger partial charge in [0.2, 0.25) is 15.9 Å². The van der Waals surface area contributed by atoms with Crippen LogP contribution >= 0.6 is 0 Å². The van der Waals surface area contributed by atoms with E-state index in [1.54, 1.807) is 29.2 Å². The van der Waals surface area contributed by atoms with E-state index in [9.17, 15) is 18.3 Å². The Bertz CT molecular complexity index is 1050. The standard InChI is InChI=1S/C22H24N2O5S/c1-29-19-7-9-20(10-8-19)30(27,28)24-13-18(14-24)17-11-23(12-17)22(26)21(15-25)16-5-3-2-4-6-16/h2-10,21,25H,11-15H2,1H3. The highest BCUT2D eigenvalue weighted by Crippen LogP contribution is 2.32. The van der Waals surface area contributed by atoms with E-state index < -0.39 is 15.9 Å². The van der Waals surface area contributed by atoms with Gasteiger partial charge in [-0.1, -0.05) is 30.3 Å². The third kappa shape index (κ3) is 3.74. The second-order valence-corrected chi connectivity index (χ2v) is 9.43. The fourth-order valence-corrected chi connectivity index (χ4v) is 5.13. The number of hydrogen-bond acceptors (Lipinski definition) is 5. The summed E-state index contributed by atoms with van der Waals surface area (Å²) in [7, 11) is -2.00. The van der Waals surface area contributed by atoms with Crippen molar-refractivity contribution in [1.82, 2.24) is 9.21 Å². The highest BCUT2D eigenvalue weighted by Gasteiger charge is 2.39. The number of aliphatic hydroxyl groups excluding tert-OH is 1. The molecule has 2 heterocycles. The van der Waals surface area contributed by atoms with Crippen LogP contribution in [0.2, 0.25) is 0 Å². The van der Waals surface area contributed by atoms with Gasteiger partial charge in [0.05, 0.1) is 24.5 Å². The summed E-state index contributed by atoms with van der Waals surface area (Å²) < 4.78 is 31.9. The van der Waals surface area contributed by atoms with Gasteiger partial charge in [-0.15, -0.1) is 0 Å². The predicted octanol–water partition coefficient (Wildman–Crippen LogP) is 1.61. The molecule has 1 unspecified atom stereocenters. The molecule has 8 heteroatoms. The van der Waals surface area contributed by atoms with Crippen LogP contribution in [0.25, 0.3) is 0 Å². The van der Waals surface area contributed by atoms with Gasteiger partial charge >= 0.3 is 0 Å². The Morgan fingerprint density at radius 3 is 2.17 bits per heavy atom. The number of sulfonamides is 1. The van der Waals surface area contributed by atoms with E-state index in [1.807, 2.05) is 30.3 Å². The number of ether oxygens (including phenoxy) is 1. The molecule has 0 bridgehead atoms. The molecule has 0 saturated carbocycles. The molecule has 0 spiro atoms. The van der Waals surface area contributed by atoms with Crippen molar-refractivity contribution in [3.63, 3.8) is 0 Å². The third-order valence-electron chi connectivity index (χ3n) is 5.69. The van der Waals surface area contributed by atoms with Crippen molar-refractivity contribution < 1.29 is 23.1 Å². The fourth-order valence-electron chi connectivity index (χ4n) is 3.70. The Hall–Kier alpha value is -2.68. The minimum Gasteiger partial charge on any atom is -0.497 e. The third-order valence-corrected chi connectivity index (χ3v) is 7.50. The smallest absolute Gasteiger partial charge is 0.243 e. The summed E-state index contributed by atoms with van der Waals surface area (Å²) in [5.41, 5.74) is 2.97. The van der Waals surface area contributed by atoms with E-state index in [0.717, 1.165) is 16.7 Å². The molecule has 0 radical (unpaired) electrons. The summed E-state index contributed by atoms with van der Waals surface area (Å²) in [5.74, 6) is -0.0579. The number of amides is 1. The molecule has 7 nitrogen and oxygen atoms in total. The van der Waals surface area contributed by atoms with E-state index in [1.165, 1.54) is 11.4 Å². The van der Waals surface area contributed by atoms with Gasteiger partial charge < -0.3 is 14.7 Å². The fraction of sp³-hybridized carbons (Fsp3) is 0.318. The molecule has 2 saturated heterocycles. The monoisotopic (exact) mass is 428 g/mol. The van der Waals surface area contributed by atoms with Gasteiger partial charge in [-0.2, -0.15) is 4.31 Å². The zero-order valence-electron chi connectivity index (χ0n) is 16.7. The van der Waals surface area contributed by atoms with Gasteiger partial charge in [0.1, 0.15) is 5.75 Å². The van der Waals surface area contributed by atoms with Crippen molar-refractivity contribution in [2.75, 3.05) is 39.9 Å². The van der Waals surface area contributed by atoms with Crippen molar-refractivity contribution in [3.05, 3.63) is 71.3 Å². The van der Waals surface area contributed by atoms with Crippen molar-refractivity contribution in [2.24, 2.45) is 0 Å². The molecule has 2 aromatic carbocycles. The van der Waals surface area contributed by atoms with Crippen molar-refractivity contribution in [1.29, 1.82) is 0 Å². The number of likely N-dealkylation sites (tertiary alicyclic amines) is 1. The molecule has 2 fully saturated rings. The maximum atomic E-state index is 12.7.